The molecule has 0 aliphatic carbocycles. The molecule has 7 heteroatoms. The average molecular weight is 426 g/mol. The fraction of sp³-hybridized carbons (Fsp3) is 0.227. The molecule has 1 saturated heterocycles. The van der Waals surface area contributed by atoms with Gasteiger partial charge in [-0.05, 0) is 38.1 Å². The van der Waals surface area contributed by atoms with Crippen LogP contribution in [0.4, 0.5) is 10.8 Å². The van der Waals surface area contributed by atoms with Crippen LogP contribution in [-0.2, 0) is 9.59 Å². The van der Waals surface area contributed by atoms with Gasteiger partial charge in [0.1, 0.15) is 0 Å². The third-order valence-corrected chi connectivity index (χ3v) is 6.12. The lowest BCUT2D eigenvalue weighted by Gasteiger charge is -2.16. The summed E-state index contributed by atoms with van der Waals surface area (Å²) in [6.45, 7) is 4.34. The number of aromatic nitrogens is 1. The van der Waals surface area contributed by atoms with E-state index in [1.54, 1.807) is 4.90 Å². The van der Waals surface area contributed by atoms with E-state index >= 15 is 0 Å². The molecule has 2 aromatic carbocycles. The van der Waals surface area contributed by atoms with Crippen molar-refractivity contribution < 1.29 is 9.59 Å². The highest BCUT2D eigenvalue weighted by atomic mass is 35.5. The summed E-state index contributed by atoms with van der Waals surface area (Å²) < 4.78 is 0. The Labute approximate surface area is 178 Å². The van der Waals surface area contributed by atoms with Crippen molar-refractivity contribution in [3.63, 3.8) is 0 Å². The zero-order chi connectivity index (χ0) is 20.5. The molecule has 1 aliphatic heterocycles. The number of halogens is 1. The summed E-state index contributed by atoms with van der Waals surface area (Å²) in [6, 6.07) is 15.2. The molecular formula is C22H20ClN3O2S. The molecule has 1 aliphatic rings. The topological polar surface area (TPSA) is 62.3 Å². The SMILES string of the molecule is Cc1ccc(N2CC(C(=O)Nc3nc(-c4ccc(Cl)cc4)c(C)s3)CC2=O)cc1. The summed E-state index contributed by atoms with van der Waals surface area (Å²) in [5.74, 6) is -0.609. The normalized spacial score (nSPS) is 16.3. The highest BCUT2D eigenvalue weighted by Gasteiger charge is 2.35. The third-order valence-electron chi connectivity index (χ3n) is 4.99. The lowest BCUT2D eigenvalue weighted by atomic mass is 10.1. The van der Waals surface area contributed by atoms with Gasteiger partial charge in [-0.2, -0.15) is 0 Å². The Bertz CT molecular complexity index is 1060. The zero-order valence-electron chi connectivity index (χ0n) is 16.1. The van der Waals surface area contributed by atoms with Crippen molar-refractivity contribution >= 4 is 45.6 Å². The molecule has 1 fully saturated rings. The van der Waals surface area contributed by atoms with Gasteiger partial charge in [-0.1, -0.05) is 41.4 Å². The number of thiazole rings is 1. The van der Waals surface area contributed by atoms with Crippen LogP contribution in [0.2, 0.25) is 5.02 Å². The number of rotatable bonds is 4. The maximum absolute atomic E-state index is 12.8. The molecule has 0 radical (unpaired) electrons. The largest absolute Gasteiger partial charge is 0.312 e. The molecule has 1 atom stereocenters. The fourth-order valence-corrected chi connectivity index (χ4v) is 4.36. The van der Waals surface area contributed by atoms with E-state index in [4.69, 9.17) is 11.6 Å². The molecule has 2 amide bonds. The van der Waals surface area contributed by atoms with Gasteiger partial charge in [0.15, 0.2) is 5.13 Å². The summed E-state index contributed by atoms with van der Waals surface area (Å²) in [4.78, 5) is 32.4. The van der Waals surface area contributed by atoms with Crippen LogP contribution in [0.3, 0.4) is 0 Å². The highest BCUT2D eigenvalue weighted by molar-refractivity contribution is 7.16. The van der Waals surface area contributed by atoms with Gasteiger partial charge in [-0.15, -0.1) is 11.3 Å². The molecule has 0 saturated carbocycles. The van der Waals surface area contributed by atoms with Crippen LogP contribution in [-0.4, -0.2) is 23.3 Å². The van der Waals surface area contributed by atoms with Crippen LogP contribution >= 0.6 is 22.9 Å². The van der Waals surface area contributed by atoms with Gasteiger partial charge in [-0.25, -0.2) is 4.98 Å². The number of anilines is 2. The molecule has 3 aromatic rings. The number of nitrogens with zero attached hydrogens (tertiary/aromatic N) is 2. The molecule has 0 spiro atoms. The number of aryl methyl sites for hydroxylation is 2. The number of nitrogens with one attached hydrogen (secondary N) is 1. The summed E-state index contributed by atoms with van der Waals surface area (Å²) in [5, 5.41) is 4.10. The Morgan fingerprint density at radius 1 is 1.14 bits per heavy atom. The van der Waals surface area contributed by atoms with Crippen molar-refractivity contribution in [2.45, 2.75) is 20.3 Å². The van der Waals surface area contributed by atoms with E-state index in [2.05, 4.69) is 10.3 Å². The number of amides is 2. The van der Waals surface area contributed by atoms with E-state index in [0.717, 1.165) is 27.4 Å². The van der Waals surface area contributed by atoms with Crippen molar-refractivity contribution in [3.8, 4) is 11.3 Å². The molecule has 4 rings (SSSR count). The molecule has 0 bridgehead atoms. The summed E-state index contributed by atoms with van der Waals surface area (Å²) in [6.07, 6.45) is 0.202. The molecule has 1 aromatic heterocycles. The number of carbonyl (C=O) groups excluding carboxylic acids is 2. The minimum absolute atomic E-state index is 0.0359. The Hall–Kier alpha value is -2.70. The van der Waals surface area contributed by atoms with Crippen molar-refractivity contribution in [1.29, 1.82) is 0 Å². The smallest absolute Gasteiger partial charge is 0.231 e. The second-order valence-corrected chi connectivity index (χ2v) is 8.80. The van der Waals surface area contributed by atoms with Gasteiger partial charge in [0.25, 0.3) is 0 Å². The van der Waals surface area contributed by atoms with Crippen molar-refractivity contribution in [3.05, 3.63) is 64.0 Å². The maximum atomic E-state index is 12.8. The van der Waals surface area contributed by atoms with Gasteiger partial charge in [0.2, 0.25) is 11.8 Å². The van der Waals surface area contributed by atoms with Crippen LogP contribution in [0, 0.1) is 19.8 Å². The minimum atomic E-state index is -0.396. The van der Waals surface area contributed by atoms with E-state index in [1.807, 2.05) is 62.4 Å². The average Bonchev–Trinajstić information content (AvgIpc) is 3.26. The summed E-state index contributed by atoms with van der Waals surface area (Å²) >= 11 is 7.38. The van der Waals surface area contributed by atoms with E-state index in [0.29, 0.717) is 16.7 Å². The Morgan fingerprint density at radius 2 is 1.83 bits per heavy atom. The molecule has 1 N–H and O–H groups in total. The Morgan fingerprint density at radius 3 is 2.52 bits per heavy atom. The first-order chi connectivity index (χ1) is 13.9. The van der Waals surface area contributed by atoms with Crippen molar-refractivity contribution in [2.24, 2.45) is 5.92 Å². The van der Waals surface area contributed by atoms with E-state index < -0.39 is 5.92 Å². The van der Waals surface area contributed by atoms with E-state index in [1.165, 1.54) is 11.3 Å². The van der Waals surface area contributed by atoms with Gasteiger partial charge in [0, 0.05) is 34.1 Å². The minimum Gasteiger partial charge on any atom is -0.312 e. The molecule has 5 nitrogen and oxygen atoms in total. The number of carbonyl (C=O) groups is 2. The lowest BCUT2D eigenvalue weighted by molar-refractivity contribution is -0.122. The lowest BCUT2D eigenvalue weighted by Crippen LogP contribution is -2.28. The summed E-state index contributed by atoms with van der Waals surface area (Å²) in [5.41, 5.74) is 3.73. The second kappa shape index (κ2) is 7.97. The maximum Gasteiger partial charge on any atom is 0.231 e. The second-order valence-electron chi connectivity index (χ2n) is 7.16. The third kappa shape index (κ3) is 4.18. The first kappa shape index (κ1) is 19.6. The highest BCUT2D eigenvalue weighted by Crippen LogP contribution is 2.32. The molecule has 29 heavy (non-hydrogen) atoms. The van der Waals surface area contributed by atoms with Crippen LogP contribution in [0.15, 0.2) is 48.5 Å². The van der Waals surface area contributed by atoms with Crippen molar-refractivity contribution in [2.75, 3.05) is 16.8 Å². The van der Waals surface area contributed by atoms with E-state index in [9.17, 15) is 9.59 Å². The van der Waals surface area contributed by atoms with Gasteiger partial charge < -0.3 is 10.2 Å². The van der Waals surface area contributed by atoms with Crippen LogP contribution < -0.4 is 10.2 Å². The van der Waals surface area contributed by atoms with Crippen molar-refractivity contribution in [1.82, 2.24) is 4.98 Å². The van der Waals surface area contributed by atoms with Crippen LogP contribution in [0.1, 0.15) is 16.9 Å². The predicted octanol–water partition coefficient (Wildman–Crippen LogP) is 5.07. The van der Waals surface area contributed by atoms with Gasteiger partial charge in [0.05, 0.1) is 11.6 Å². The molecular weight excluding hydrogens is 406 g/mol. The fourth-order valence-electron chi connectivity index (χ4n) is 3.39. The monoisotopic (exact) mass is 425 g/mol. The zero-order valence-corrected chi connectivity index (χ0v) is 17.7. The Balaban J connectivity index is 1.46. The van der Waals surface area contributed by atoms with E-state index in [-0.39, 0.29) is 18.2 Å². The summed E-state index contributed by atoms with van der Waals surface area (Å²) in [7, 11) is 0. The molecule has 1 unspecified atom stereocenters. The van der Waals surface area contributed by atoms with Crippen LogP contribution in [0.5, 0.6) is 0 Å². The van der Waals surface area contributed by atoms with Crippen LogP contribution in [0.25, 0.3) is 11.3 Å². The standard InChI is InChI=1S/C22H20ClN3O2S/c1-13-3-9-18(10-4-13)26-12-16(11-19(26)27)21(28)25-22-24-20(14(2)29-22)15-5-7-17(23)8-6-15/h3-10,16H,11-12H2,1-2H3,(H,24,25,28). The quantitative estimate of drug-likeness (QED) is 0.634. The predicted molar refractivity (Wildman–Crippen MR) is 118 cm³/mol. The number of hydrogen-bond donors (Lipinski definition) is 1. The van der Waals surface area contributed by atoms with Gasteiger partial charge >= 0.3 is 0 Å². The molecule has 148 valence electrons. The Kier molecular flexibility index (Phi) is 5.39. The number of hydrogen-bond acceptors (Lipinski definition) is 4. The first-order valence-electron chi connectivity index (χ1n) is 9.32. The molecule has 2 heterocycles. The van der Waals surface area contributed by atoms with Gasteiger partial charge in [-0.3, -0.25) is 9.59 Å². The number of benzene rings is 2. The first-order valence-corrected chi connectivity index (χ1v) is 10.5.